The Morgan fingerprint density at radius 3 is 2.59 bits per heavy atom. The molecule has 1 N–H and O–H groups in total. The summed E-state index contributed by atoms with van der Waals surface area (Å²) in [5, 5.41) is 4.45. The van der Waals surface area contributed by atoms with E-state index < -0.39 is 0 Å². The predicted molar refractivity (Wildman–Crippen MR) is 107 cm³/mol. The van der Waals surface area contributed by atoms with Crippen LogP contribution in [0.25, 0.3) is 10.9 Å². The lowest BCUT2D eigenvalue weighted by atomic mass is 10.0. The molecule has 0 saturated carbocycles. The topological polar surface area (TPSA) is 60.5 Å². The van der Waals surface area contributed by atoms with Gasteiger partial charge in [-0.3, -0.25) is 9.78 Å². The van der Waals surface area contributed by atoms with E-state index in [0.29, 0.717) is 27.8 Å². The van der Waals surface area contributed by atoms with Gasteiger partial charge in [-0.1, -0.05) is 11.6 Å². The molecule has 140 valence electrons. The van der Waals surface area contributed by atoms with Gasteiger partial charge in [0.05, 0.1) is 37.0 Å². The number of pyridine rings is 1. The summed E-state index contributed by atoms with van der Waals surface area (Å²) in [6.07, 6.45) is 0. The number of aromatic nitrogens is 1. The first-order valence-electron chi connectivity index (χ1n) is 8.52. The van der Waals surface area contributed by atoms with Crippen molar-refractivity contribution >= 4 is 28.4 Å². The summed E-state index contributed by atoms with van der Waals surface area (Å²) >= 11 is 6.06. The largest absolute Gasteiger partial charge is 0.497 e. The highest BCUT2D eigenvalue weighted by atomic mass is 35.5. The predicted octanol–water partition coefficient (Wildman–Crippen LogP) is 4.70. The lowest BCUT2D eigenvalue weighted by molar-refractivity contribution is 0.0938. The van der Waals surface area contributed by atoms with Gasteiger partial charge in [-0.15, -0.1) is 0 Å². The SMILES string of the molecule is COc1ccc(C(C)NC(=O)c2cc3cc(Cl)ccc3nc2C)c(OC)c1. The molecule has 0 aliphatic carbocycles. The van der Waals surface area contributed by atoms with Crippen molar-refractivity contribution < 1.29 is 14.3 Å². The number of benzene rings is 2. The number of carbonyl (C=O) groups excluding carboxylic acids is 1. The van der Waals surface area contributed by atoms with Gasteiger partial charge in [0.2, 0.25) is 0 Å². The molecule has 1 amide bonds. The molecule has 1 unspecified atom stereocenters. The van der Waals surface area contributed by atoms with Crippen molar-refractivity contribution in [1.29, 1.82) is 0 Å². The Morgan fingerprint density at radius 1 is 1.11 bits per heavy atom. The molecule has 1 heterocycles. The molecule has 5 nitrogen and oxygen atoms in total. The molecule has 27 heavy (non-hydrogen) atoms. The Bertz CT molecular complexity index is 1000. The maximum atomic E-state index is 12.9. The number of amides is 1. The normalized spacial score (nSPS) is 11.9. The number of fused-ring (bicyclic) bond motifs is 1. The Balaban J connectivity index is 1.89. The van der Waals surface area contributed by atoms with Gasteiger partial charge in [0.15, 0.2) is 0 Å². The molecular formula is C21H21ClN2O3. The maximum absolute atomic E-state index is 12.9. The van der Waals surface area contributed by atoms with Crippen LogP contribution < -0.4 is 14.8 Å². The van der Waals surface area contributed by atoms with Crippen molar-refractivity contribution in [1.82, 2.24) is 10.3 Å². The van der Waals surface area contributed by atoms with Crippen LogP contribution in [-0.4, -0.2) is 25.1 Å². The number of halogens is 1. The van der Waals surface area contributed by atoms with E-state index in [1.165, 1.54) is 0 Å². The summed E-state index contributed by atoms with van der Waals surface area (Å²) in [5.41, 5.74) is 2.85. The first-order chi connectivity index (χ1) is 12.9. The molecule has 3 aromatic rings. The first kappa shape index (κ1) is 19.0. The molecule has 0 aliphatic heterocycles. The van der Waals surface area contributed by atoms with Gasteiger partial charge in [-0.05, 0) is 50.2 Å². The molecule has 1 atom stereocenters. The zero-order valence-corrected chi connectivity index (χ0v) is 16.4. The van der Waals surface area contributed by atoms with Gasteiger partial charge in [-0.2, -0.15) is 0 Å². The van der Waals surface area contributed by atoms with Crippen LogP contribution in [0.2, 0.25) is 5.02 Å². The summed E-state index contributed by atoms with van der Waals surface area (Å²) in [4.78, 5) is 17.4. The second-order valence-electron chi connectivity index (χ2n) is 6.26. The summed E-state index contributed by atoms with van der Waals surface area (Å²) < 4.78 is 10.7. The first-order valence-corrected chi connectivity index (χ1v) is 8.90. The van der Waals surface area contributed by atoms with Crippen molar-refractivity contribution in [2.75, 3.05) is 14.2 Å². The molecule has 0 spiro atoms. The van der Waals surface area contributed by atoms with Gasteiger partial charge in [0.1, 0.15) is 11.5 Å². The fourth-order valence-corrected chi connectivity index (χ4v) is 3.18. The van der Waals surface area contributed by atoms with Crippen LogP contribution in [0.3, 0.4) is 0 Å². The summed E-state index contributed by atoms with van der Waals surface area (Å²) in [5.74, 6) is 1.15. The molecule has 0 aliphatic rings. The Morgan fingerprint density at radius 2 is 1.89 bits per heavy atom. The standard InChI is InChI=1S/C21H21ClN2O3/c1-12(17-7-6-16(26-3)11-20(17)27-4)24-21(25)18-10-14-9-15(22)5-8-19(14)23-13(18)2/h5-12H,1-4H3,(H,24,25). The van der Waals surface area contributed by atoms with Crippen molar-refractivity contribution in [2.45, 2.75) is 19.9 Å². The minimum Gasteiger partial charge on any atom is -0.497 e. The van der Waals surface area contributed by atoms with E-state index in [4.69, 9.17) is 21.1 Å². The number of methoxy groups -OCH3 is 2. The van der Waals surface area contributed by atoms with Crippen LogP contribution >= 0.6 is 11.6 Å². The van der Waals surface area contributed by atoms with Gasteiger partial charge in [-0.25, -0.2) is 0 Å². The van der Waals surface area contributed by atoms with E-state index in [9.17, 15) is 4.79 Å². The number of hydrogen-bond acceptors (Lipinski definition) is 4. The molecule has 3 rings (SSSR count). The molecule has 1 aromatic heterocycles. The Hall–Kier alpha value is -2.79. The van der Waals surface area contributed by atoms with Crippen molar-refractivity contribution in [3.63, 3.8) is 0 Å². The van der Waals surface area contributed by atoms with Gasteiger partial charge in [0, 0.05) is 22.0 Å². The van der Waals surface area contributed by atoms with Gasteiger partial charge in [0.25, 0.3) is 5.91 Å². The minimum absolute atomic E-state index is 0.202. The lowest BCUT2D eigenvalue weighted by Crippen LogP contribution is -2.27. The third-order valence-corrected chi connectivity index (χ3v) is 4.70. The molecule has 0 radical (unpaired) electrons. The van der Waals surface area contributed by atoms with Crippen LogP contribution in [0, 0.1) is 6.92 Å². The highest BCUT2D eigenvalue weighted by Gasteiger charge is 2.18. The number of aryl methyl sites for hydroxylation is 1. The third kappa shape index (κ3) is 3.98. The maximum Gasteiger partial charge on any atom is 0.253 e. The molecule has 0 fully saturated rings. The van der Waals surface area contributed by atoms with Crippen LogP contribution in [0.15, 0.2) is 42.5 Å². The third-order valence-electron chi connectivity index (χ3n) is 4.47. The molecule has 6 heteroatoms. The fourth-order valence-electron chi connectivity index (χ4n) is 3.00. The lowest BCUT2D eigenvalue weighted by Gasteiger charge is -2.18. The van der Waals surface area contributed by atoms with Gasteiger partial charge < -0.3 is 14.8 Å². The second-order valence-corrected chi connectivity index (χ2v) is 6.70. The smallest absolute Gasteiger partial charge is 0.253 e. The Labute approximate surface area is 163 Å². The minimum atomic E-state index is -0.257. The number of carbonyl (C=O) groups is 1. The number of nitrogens with zero attached hydrogens (tertiary/aromatic N) is 1. The number of hydrogen-bond donors (Lipinski definition) is 1. The van der Waals surface area contributed by atoms with E-state index in [0.717, 1.165) is 16.5 Å². The highest BCUT2D eigenvalue weighted by molar-refractivity contribution is 6.31. The quantitative estimate of drug-likeness (QED) is 0.692. The van der Waals surface area contributed by atoms with Crippen molar-refractivity contribution in [2.24, 2.45) is 0 Å². The van der Waals surface area contributed by atoms with Crippen molar-refractivity contribution in [3.8, 4) is 11.5 Å². The number of nitrogens with one attached hydrogen (secondary N) is 1. The van der Waals surface area contributed by atoms with E-state index >= 15 is 0 Å². The summed E-state index contributed by atoms with van der Waals surface area (Å²) in [6.45, 7) is 3.73. The summed E-state index contributed by atoms with van der Waals surface area (Å²) in [6, 6.07) is 12.5. The average molecular weight is 385 g/mol. The van der Waals surface area contributed by atoms with Crippen LogP contribution in [0.5, 0.6) is 11.5 Å². The monoisotopic (exact) mass is 384 g/mol. The van der Waals surface area contributed by atoms with Crippen LogP contribution in [0.1, 0.15) is 34.6 Å². The fraction of sp³-hybridized carbons (Fsp3) is 0.238. The molecular weight excluding hydrogens is 364 g/mol. The van der Waals surface area contributed by atoms with E-state index in [1.54, 1.807) is 32.4 Å². The van der Waals surface area contributed by atoms with E-state index in [-0.39, 0.29) is 11.9 Å². The Kier molecular flexibility index (Phi) is 5.51. The van der Waals surface area contributed by atoms with E-state index in [2.05, 4.69) is 10.3 Å². The highest BCUT2D eigenvalue weighted by Crippen LogP contribution is 2.29. The second kappa shape index (κ2) is 7.84. The molecule has 0 saturated heterocycles. The number of rotatable bonds is 5. The van der Waals surface area contributed by atoms with Crippen LogP contribution in [0.4, 0.5) is 0 Å². The summed E-state index contributed by atoms with van der Waals surface area (Å²) in [7, 11) is 3.19. The van der Waals surface area contributed by atoms with E-state index in [1.807, 2.05) is 38.1 Å². The average Bonchev–Trinajstić information content (AvgIpc) is 2.66. The molecule has 0 bridgehead atoms. The molecule has 2 aromatic carbocycles. The zero-order valence-electron chi connectivity index (χ0n) is 15.7. The van der Waals surface area contributed by atoms with Gasteiger partial charge >= 0.3 is 0 Å². The number of ether oxygens (including phenoxy) is 2. The van der Waals surface area contributed by atoms with Crippen molar-refractivity contribution in [3.05, 3.63) is 64.3 Å². The van der Waals surface area contributed by atoms with Crippen LogP contribution in [-0.2, 0) is 0 Å². The zero-order chi connectivity index (χ0) is 19.6.